The van der Waals surface area contributed by atoms with Gasteiger partial charge in [-0.3, -0.25) is 4.90 Å². The smallest absolute Gasteiger partial charge is 0.132 e. The summed E-state index contributed by atoms with van der Waals surface area (Å²) in [6.45, 7) is 8.14. The Balaban J connectivity index is 1.28. The maximum atomic E-state index is 9.51. The number of aromatic nitrogens is 2. The topological polar surface area (TPSA) is 55.7 Å². The van der Waals surface area contributed by atoms with Crippen LogP contribution in [0, 0.1) is 5.92 Å². The molecular formula is C19H31N5O. The monoisotopic (exact) mass is 345 g/mol. The van der Waals surface area contributed by atoms with E-state index >= 15 is 0 Å². The molecule has 2 saturated heterocycles. The van der Waals surface area contributed by atoms with Crippen LogP contribution in [0.25, 0.3) is 0 Å². The fourth-order valence-electron chi connectivity index (χ4n) is 4.36. The number of rotatable bonds is 4. The second-order valence-corrected chi connectivity index (χ2v) is 8.16. The molecule has 1 saturated carbocycles. The van der Waals surface area contributed by atoms with E-state index in [1.165, 1.54) is 32.5 Å². The van der Waals surface area contributed by atoms with Gasteiger partial charge in [0.25, 0.3) is 0 Å². The Hall–Kier alpha value is -1.24. The Labute approximate surface area is 150 Å². The number of piperazine rings is 1. The molecule has 25 heavy (non-hydrogen) atoms. The zero-order valence-electron chi connectivity index (χ0n) is 15.3. The van der Waals surface area contributed by atoms with Gasteiger partial charge in [0.1, 0.15) is 12.1 Å². The molecule has 3 heterocycles. The SMILES string of the molecule is CN1CCC(CN2CCN(c3cc(C4CC(O)C4)ncn3)CC2)CC1. The highest BCUT2D eigenvalue weighted by molar-refractivity contribution is 5.40. The van der Waals surface area contributed by atoms with Crippen LogP contribution in [0.1, 0.15) is 37.3 Å². The molecule has 0 amide bonds. The lowest BCUT2D eigenvalue weighted by Gasteiger charge is -2.39. The Morgan fingerprint density at radius 3 is 2.44 bits per heavy atom. The number of hydrogen-bond donors (Lipinski definition) is 1. The van der Waals surface area contributed by atoms with Gasteiger partial charge in [0.15, 0.2) is 0 Å². The Morgan fingerprint density at radius 2 is 1.76 bits per heavy atom. The molecule has 4 rings (SSSR count). The first-order valence-corrected chi connectivity index (χ1v) is 9.83. The number of aliphatic hydroxyl groups excluding tert-OH is 1. The average molecular weight is 345 g/mol. The summed E-state index contributed by atoms with van der Waals surface area (Å²) in [5, 5.41) is 9.51. The first kappa shape index (κ1) is 17.2. The van der Waals surface area contributed by atoms with Crippen molar-refractivity contribution in [1.29, 1.82) is 0 Å². The third kappa shape index (κ3) is 4.13. The molecule has 0 bridgehead atoms. The molecule has 0 unspecified atom stereocenters. The molecule has 0 radical (unpaired) electrons. The van der Waals surface area contributed by atoms with E-state index < -0.39 is 0 Å². The molecule has 1 aromatic heterocycles. The highest BCUT2D eigenvalue weighted by Crippen LogP contribution is 2.36. The number of likely N-dealkylation sites (tertiary alicyclic amines) is 1. The van der Waals surface area contributed by atoms with Crippen molar-refractivity contribution in [3.63, 3.8) is 0 Å². The van der Waals surface area contributed by atoms with E-state index in [1.54, 1.807) is 6.33 Å². The van der Waals surface area contributed by atoms with Gasteiger partial charge < -0.3 is 14.9 Å². The van der Waals surface area contributed by atoms with E-state index in [1.807, 2.05) is 0 Å². The van der Waals surface area contributed by atoms with Crippen LogP contribution in [0.2, 0.25) is 0 Å². The van der Waals surface area contributed by atoms with Gasteiger partial charge in [0.05, 0.1) is 6.10 Å². The van der Waals surface area contributed by atoms with Crippen molar-refractivity contribution in [2.75, 3.05) is 57.8 Å². The zero-order valence-corrected chi connectivity index (χ0v) is 15.3. The Morgan fingerprint density at radius 1 is 1.04 bits per heavy atom. The molecule has 1 aromatic rings. The molecule has 0 spiro atoms. The summed E-state index contributed by atoms with van der Waals surface area (Å²) in [7, 11) is 2.23. The standard InChI is InChI=1S/C19H31N5O/c1-22-4-2-15(3-5-22)13-23-6-8-24(9-7-23)19-12-18(20-14-21-19)16-10-17(25)11-16/h12,14-17,25H,2-11,13H2,1H3. The van der Waals surface area contributed by atoms with E-state index in [2.05, 4.69) is 37.8 Å². The highest BCUT2D eigenvalue weighted by atomic mass is 16.3. The summed E-state index contributed by atoms with van der Waals surface area (Å²) in [4.78, 5) is 16.4. The van der Waals surface area contributed by atoms with E-state index in [9.17, 15) is 5.11 Å². The lowest BCUT2D eigenvalue weighted by Crippen LogP contribution is -2.49. The van der Waals surface area contributed by atoms with Gasteiger partial charge in [-0.15, -0.1) is 0 Å². The minimum atomic E-state index is -0.133. The summed E-state index contributed by atoms with van der Waals surface area (Å²) >= 11 is 0. The lowest BCUT2D eigenvalue weighted by atomic mass is 9.80. The zero-order chi connectivity index (χ0) is 17.2. The third-order valence-electron chi connectivity index (χ3n) is 6.26. The van der Waals surface area contributed by atoms with Gasteiger partial charge in [-0.2, -0.15) is 0 Å². The number of aliphatic hydroxyl groups is 1. The largest absolute Gasteiger partial charge is 0.393 e. The molecule has 6 heteroatoms. The number of anilines is 1. The quantitative estimate of drug-likeness (QED) is 0.884. The van der Waals surface area contributed by atoms with Gasteiger partial charge in [0.2, 0.25) is 0 Å². The fraction of sp³-hybridized carbons (Fsp3) is 0.789. The summed E-state index contributed by atoms with van der Waals surface area (Å²) < 4.78 is 0. The van der Waals surface area contributed by atoms with Crippen LogP contribution in [0.5, 0.6) is 0 Å². The van der Waals surface area contributed by atoms with Crippen LogP contribution in [-0.2, 0) is 0 Å². The van der Waals surface area contributed by atoms with E-state index in [4.69, 9.17) is 0 Å². The van der Waals surface area contributed by atoms with Crippen LogP contribution in [0.3, 0.4) is 0 Å². The van der Waals surface area contributed by atoms with Crippen molar-refractivity contribution < 1.29 is 5.11 Å². The van der Waals surface area contributed by atoms with Crippen LogP contribution in [-0.4, -0.2) is 83.8 Å². The second kappa shape index (κ2) is 7.56. The van der Waals surface area contributed by atoms with Crippen molar-refractivity contribution in [3.8, 4) is 0 Å². The fourth-order valence-corrected chi connectivity index (χ4v) is 4.36. The van der Waals surface area contributed by atoms with Crippen molar-refractivity contribution in [3.05, 3.63) is 18.1 Å². The molecule has 3 aliphatic rings. The van der Waals surface area contributed by atoms with Gasteiger partial charge in [-0.05, 0) is 51.7 Å². The molecule has 2 aliphatic heterocycles. The Kier molecular flexibility index (Phi) is 5.20. The molecule has 1 N–H and O–H groups in total. The van der Waals surface area contributed by atoms with Crippen molar-refractivity contribution >= 4 is 5.82 Å². The van der Waals surface area contributed by atoms with Crippen LogP contribution in [0.15, 0.2) is 12.4 Å². The van der Waals surface area contributed by atoms with E-state index in [0.29, 0.717) is 5.92 Å². The molecular weight excluding hydrogens is 314 g/mol. The van der Waals surface area contributed by atoms with Crippen molar-refractivity contribution in [1.82, 2.24) is 19.8 Å². The highest BCUT2D eigenvalue weighted by Gasteiger charge is 2.30. The summed E-state index contributed by atoms with van der Waals surface area (Å²) in [5.41, 5.74) is 1.10. The minimum absolute atomic E-state index is 0.133. The predicted octanol–water partition coefficient (Wildman–Crippen LogP) is 1.18. The third-order valence-corrected chi connectivity index (χ3v) is 6.26. The maximum Gasteiger partial charge on any atom is 0.132 e. The minimum Gasteiger partial charge on any atom is -0.393 e. The van der Waals surface area contributed by atoms with Gasteiger partial charge in [0, 0.05) is 50.4 Å². The average Bonchev–Trinajstić information content (AvgIpc) is 2.62. The van der Waals surface area contributed by atoms with E-state index in [0.717, 1.165) is 56.5 Å². The van der Waals surface area contributed by atoms with Crippen LogP contribution >= 0.6 is 0 Å². The summed E-state index contributed by atoms with van der Waals surface area (Å²) in [6.07, 6.45) is 5.95. The van der Waals surface area contributed by atoms with Gasteiger partial charge in [-0.25, -0.2) is 9.97 Å². The molecule has 6 nitrogen and oxygen atoms in total. The van der Waals surface area contributed by atoms with Gasteiger partial charge >= 0.3 is 0 Å². The summed E-state index contributed by atoms with van der Waals surface area (Å²) in [6, 6.07) is 2.14. The molecule has 138 valence electrons. The first-order valence-electron chi connectivity index (χ1n) is 9.83. The Bertz CT molecular complexity index is 561. The van der Waals surface area contributed by atoms with Crippen molar-refractivity contribution in [2.24, 2.45) is 5.92 Å². The second-order valence-electron chi connectivity index (χ2n) is 8.16. The maximum absolute atomic E-state index is 9.51. The van der Waals surface area contributed by atoms with Crippen LogP contribution in [0.4, 0.5) is 5.82 Å². The van der Waals surface area contributed by atoms with E-state index in [-0.39, 0.29) is 6.10 Å². The molecule has 0 aromatic carbocycles. The molecule has 3 fully saturated rings. The predicted molar refractivity (Wildman–Crippen MR) is 98.9 cm³/mol. The molecule has 0 atom stereocenters. The number of nitrogens with zero attached hydrogens (tertiary/aromatic N) is 5. The van der Waals surface area contributed by atoms with Gasteiger partial charge in [-0.1, -0.05) is 0 Å². The number of hydrogen-bond acceptors (Lipinski definition) is 6. The first-order chi connectivity index (χ1) is 12.2. The lowest BCUT2D eigenvalue weighted by molar-refractivity contribution is 0.0732. The number of piperidine rings is 1. The van der Waals surface area contributed by atoms with Crippen LogP contribution < -0.4 is 4.90 Å². The summed E-state index contributed by atoms with van der Waals surface area (Å²) in [5.74, 6) is 2.35. The van der Waals surface area contributed by atoms with Crippen molar-refractivity contribution in [2.45, 2.75) is 37.7 Å². The normalized spacial score (nSPS) is 29.6. The molecule has 1 aliphatic carbocycles.